The highest BCUT2D eigenvalue weighted by molar-refractivity contribution is 7.89. The lowest BCUT2D eigenvalue weighted by Crippen LogP contribution is -2.43. The van der Waals surface area contributed by atoms with Gasteiger partial charge in [0.05, 0.1) is 18.6 Å². The summed E-state index contributed by atoms with van der Waals surface area (Å²) in [5, 5.41) is 9.04. The van der Waals surface area contributed by atoms with E-state index >= 15 is 0 Å². The van der Waals surface area contributed by atoms with Gasteiger partial charge in [-0.15, -0.1) is 5.92 Å². The predicted octanol–water partition coefficient (Wildman–Crippen LogP) is -0.0991. The maximum atomic E-state index is 12.1. The van der Waals surface area contributed by atoms with Crippen molar-refractivity contribution in [3.05, 3.63) is 24.3 Å². The van der Waals surface area contributed by atoms with Gasteiger partial charge in [-0.1, -0.05) is 5.92 Å². The molecule has 1 rings (SSSR count). The van der Waals surface area contributed by atoms with Gasteiger partial charge in [-0.05, 0) is 31.2 Å². The number of aliphatic hydroxyl groups excluding tert-OH is 1. The second-order valence-corrected chi connectivity index (χ2v) is 5.78. The molecule has 0 aliphatic rings. The van der Waals surface area contributed by atoms with Crippen molar-refractivity contribution in [2.45, 2.75) is 17.9 Å². The molecule has 0 aliphatic heterocycles. The summed E-state index contributed by atoms with van der Waals surface area (Å²) in [6, 6.07) is 4.23. The highest BCUT2D eigenvalue weighted by Gasteiger charge is 2.25. The number of rotatable bonds is 7. The first-order valence-electron chi connectivity index (χ1n) is 6.28. The fourth-order valence-corrected chi connectivity index (χ4v) is 2.64. The van der Waals surface area contributed by atoms with Crippen LogP contribution in [0.4, 0.5) is 0 Å². The maximum absolute atomic E-state index is 12.1. The summed E-state index contributed by atoms with van der Waals surface area (Å²) < 4.78 is 35.9. The SMILES string of the molecule is CC#CCOc1ccc(S(=O)(=O)N[C@@H](CO)C(=O)OC)cc1. The minimum Gasteiger partial charge on any atom is -0.481 e. The van der Waals surface area contributed by atoms with Gasteiger partial charge in [0.25, 0.3) is 0 Å². The molecule has 8 heteroatoms. The summed E-state index contributed by atoms with van der Waals surface area (Å²) in [5.41, 5.74) is 0. The van der Waals surface area contributed by atoms with Gasteiger partial charge in [-0.3, -0.25) is 4.79 Å². The van der Waals surface area contributed by atoms with Crippen molar-refractivity contribution in [2.24, 2.45) is 0 Å². The van der Waals surface area contributed by atoms with Crippen LogP contribution in [0.15, 0.2) is 29.2 Å². The van der Waals surface area contributed by atoms with E-state index in [4.69, 9.17) is 9.84 Å². The molecule has 0 saturated heterocycles. The standard InChI is InChI=1S/C14H17NO6S/c1-3-4-9-21-11-5-7-12(8-6-11)22(18,19)15-13(10-16)14(17)20-2/h5-8,13,15-16H,9-10H2,1-2H3/t13-/m0/s1. The molecule has 0 unspecified atom stereocenters. The molecular weight excluding hydrogens is 310 g/mol. The Labute approximate surface area is 129 Å². The third-order valence-electron chi connectivity index (χ3n) is 2.59. The minimum absolute atomic E-state index is 0.0659. The second kappa shape index (κ2) is 8.38. The maximum Gasteiger partial charge on any atom is 0.326 e. The Morgan fingerprint density at radius 3 is 2.50 bits per heavy atom. The monoisotopic (exact) mass is 327 g/mol. The Kier molecular flexibility index (Phi) is 6.85. The topological polar surface area (TPSA) is 102 Å². The third-order valence-corrected chi connectivity index (χ3v) is 4.08. The van der Waals surface area contributed by atoms with Crippen molar-refractivity contribution in [2.75, 3.05) is 20.3 Å². The molecule has 0 saturated carbocycles. The van der Waals surface area contributed by atoms with Gasteiger partial charge in [0.1, 0.15) is 18.4 Å². The van der Waals surface area contributed by atoms with E-state index in [0.717, 1.165) is 7.11 Å². The van der Waals surface area contributed by atoms with E-state index in [9.17, 15) is 13.2 Å². The summed E-state index contributed by atoms with van der Waals surface area (Å²) in [6.45, 7) is 1.18. The van der Waals surface area contributed by atoms with E-state index in [1.807, 2.05) is 0 Å². The lowest BCUT2D eigenvalue weighted by atomic mass is 10.3. The zero-order valence-corrected chi connectivity index (χ0v) is 13.0. The molecule has 0 bridgehead atoms. The van der Waals surface area contributed by atoms with Gasteiger partial charge in [-0.25, -0.2) is 8.42 Å². The van der Waals surface area contributed by atoms with Crippen molar-refractivity contribution in [3.8, 4) is 17.6 Å². The largest absolute Gasteiger partial charge is 0.481 e. The quantitative estimate of drug-likeness (QED) is 0.536. The number of aliphatic hydroxyl groups is 1. The molecule has 2 N–H and O–H groups in total. The molecular formula is C14H17NO6S. The smallest absolute Gasteiger partial charge is 0.326 e. The van der Waals surface area contributed by atoms with Gasteiger partial charge < -0.3 is 14.6 Å². The molecule has 0 aromatic heterocycles. The lowest BCUT2D eigenvalue weighted by Gasteiger charge is -2.14. The molecule has 1 aromatic rings. The first-order valence-corrected chi connectivity index (χ1v) is 7.76. The average Bonchev–Trinajstić information content (AvgIpc) is 2.52. The molecule has 0 amide bonds. The highest BCUT2D eigenvalue weighted by atomic mass is 32.2. The number of ether oxygens (including phenoxy) is 2. The van der Waals surface area contributed by atoms with Crippen LogP contribution >= 0.6 is 0 Å². The summed E-state index contributed by atoms with van der Waals surface area (Å²) >= 11 is 0. The van der Waals surface area contributed by atoms with Crippen molar-refractivity contribution in [3.63, 3.8) is 0 Å². The minimum atomic E-state index is -3.96. The van der Waals surface area contributed by atoms with Crippen molar-refractivity contribution >= 4 is 16.0 Å². The number of hydrogen-bond acceptors (Lipinski definition) is 6. The normalized spacial score (nSPS) is 12.0. The molecule has 120 valence electrons. The van der Waals surface area contributed by atoms with Crippen molar-refractivity contribution in [1.82, 2.24) is 4.72 Å². The summed E-state index contributed by atoms with van der Waals surface area (Å²) in [7, 11) is -2.86. The van der Waals surface area contributed by atoms with E-state index < -0.39 is 28.6 Å². The molecule has 7 nitrogen and oxygen atoms in total. The van der Waals surface area contributed by atoms with Gasteiger partial charge in [0, 0.05) is 0 Å². The number of hydrogen-bond donors (Lipinski definition) is 2. The van der Waals surface area contributed by atoms with Gasteiger partial charge in [0.2, 0.25) is 10.0 Å². The lowest BCUT2D eigenvalue weighted by molar-refractivity contribution is -0.143. The number of sulfonamides is 1. The van der Waals surface area contributed by atoms with E-state index in [2.05, 4.69) is 21.3 Å². The van der Waals surface area contributed by atoms with Crippen LogP contribution < -0.4 is 9.46 Å². The first-order chi connectivity index (χ1) is 10.4. The Bertz CT molecular complexity index is 657. The van der Waals surface area contributed by atoms with Crippen LogP contribution in [0.1, 0.15) is 6.92 Å². The van der Waals surface area contributed by atoms with E-state index in [-0.39, 0.29) is 11.5 Å². The van der Waals surface area contributed by atoms with Crippen LogP contribution in [0.3, 0.4) is 0 Å². The first kappa shape index (κ1) is 18.0. The molecule has 0 fully saturated rings. The number of nitrogens with one attached hydrogen (secondary N) is 1. The number of carbonyl (C=O) groups is 1. The van der Waals surface area contributed by atoms with E-state index in [1.54, 1.807) is 6.92 Å². The molecule has 22 heavy (non-hydrogen) atoms. The Morgan fingerprint density at radius 2 is 2.00 bits per heavy atom. The highest BCUT2D eigenvalue weighted by Crippen LogP contribution is 2.16. The van der Waals surface area contributed by atoms with Gasteiger partial charge >= 0.3 is 5.97 Å². The summed E-state index contributed by atoms with van der Waals surface area (Å²) in [5.74, 6) is 4.98. The van der Waals surface area contributed by atoms with E-state index in [0.29, 0.717) is 5.75 Å². The molecule has 0 radical (unpaired) electrons. The molecule has 1 aromatic carbocycles. The van der Waals surface area contributed by atoms with Crippen LogP contribution in [0.5, 0.6) is 5.75 Å². The zero-order valence-electron chi connectivity index (χ0n) is 12.2. The van der Waals surface area contributed by atoms with Crippen LogP contribution in [0.25, 0.3) is 0 Å². The number of esters is 1. The molecule has 1 atom stereocenters. The third kappa shape index (κ3) is 5.04. The van der Waals surface area contributed by atoms with Crippen molar-refractivity contribution in [1.29, 1.82) is 0 Å². The predicted molar refractivity (Wildman–Crippen MR) is 78.6 cm³/mol. The van der Waals surface area contributed by atoms with Crippen LogP contribution in [0.2, 0.25) is 0 Å². The number of methoxy groups -OCH3 is 1. The fraction of sp³-hybridized carbons (Fsp3) is 0.357. The van der Waals surface area contributed by atoms with Crippen LogP contribution in [0, 0.1) is 11.8 Å². The molecule has 0 aliphatic carbocycles. The second-order valence-electron chi connectivity index (χ2n) is 4.07. The Morgan fingerprint density at radius 1 is 1.36 bits per heavy atom. The summed E-state index contributed by atoms with van der Waals surface area (Å²) in [6.07, 6.45) is 0. The molecule has 0 spiro atoms. The van der Waals surface area contributed by atoms with Crippen molar-refractivity contribution < 1.29 is 27.8 Å². The van der Waals surface area contributed by atoms with E-state index in [1.165, 1.54) is 24.3 Å². The fourth-order valence-electron chi connectivity index (χ4n) is 1.46. The van der Waals surface area contributed by atoms with Gasteiger partial charge in [-0.2, -0.15) is 4.72 Å². The van der Waals surface area contributed by atoms with Crippen LogP contribution in [-0.2, 0) is 19.6 Å². The zero-order chi connectivity index (χ0) is 16.6. The Balaban J connectivity index is 2.84. The Hall–Kier alpha value is -2.08. The number of benzene rings is 1. The van der Waals surface area contributed by atoms with Gasteiger partial charge in [0.15, 0.2) is 0 Å². The number of carbonyl (C=O) groups excluding carboxylic acids is 1. The average molecular weight is 327 g/mol. The molecule has 0 heterocycles. The summed E-state index contributed by atoms with van der Waals surface area (Å²) in [4.78, 5) is 11.2. The van der Waals surface area contributed by atoms with Crippen LogP contribution in [-0.4, -0.2) is 45.9 Å².